The molecule has 0 radical (unpaired) electrons. The predicted octanol–water partition coefficient (Wildman–Crippen LogP) is 3.91. The summed E-state index contributed by atoms with van der Waals surface area (Å²) in [6, 6.07) is 8.42. The molecule has 0 spiro atoms. The Balaban J connectivity index is 2.17. The number of fused-ring (bicyclic) bond motifs is 1. The Kier molecular flexibility index (Phi) is 4.93. The summed E-state index contributed by atoms with van der Waals surface area (Å²) in [6.45, 7) is 5.94. The van der Waals surface area contributed by atoms with Gasteiger partial charge >= 0.3 is 0 Å². The van der Waals surface area contributed by atoms with Crippen molar-refractivity contribution in [1.82, 2.24) is 4.57 Å². The lowest BCUT2D eigenvalue weighted by Gasteiger charge is -2.03. The number of hydrogen-bond donors (Lipinski definition) is 0. The van der Waals surface area contributed by atoms with Crippen LogP contribution < -0.4 is 4.80 Å². The van der Waals surface area contributed by atoms with Gasteiger partial charge in [-0.2, -0.15) is 4.99 Å². The van der Waals surface area contributed by atoms with Crippen LogP contribution in [-0.2, 0) is 6.54 Å². The Morgan fingerprint density at radius 3 is 2.59 bits per heavy atom. The Bertz CT molecular complexity index is 1200. The summed E-state index contributed by atoms with van der Waals surface area (Å²) in [5, 5.41) is 11.1. The monoisotopic (exact) mass is 379 g/mol. The summed E-state index contributed by atoms with van der Waals surface area (Å²) in [5.74, 6) is 2.05. The number of aromatic nitrogens is 1. The highest BCUT2D eigenvalue weighted by atomic mass is 32.1. The van der Waals surface area contributed by atoms with Gasteiger partial charge in [-0.05, 0) is 50.1 Å². The summed E-state index contributed by atoms with van der Waals surface area (Å²) in [4.78, 5) is 27.9. The molecule has 136 valence electrons. The Hall–Kier alpha value is -3.24. The Morgan fingerprint density at radius 1 is 1.22 bits per heavy atom. The molecule has 0 N–H and O–H groups in total. The third-order valence-electron chi connectivity index (χ3n) is 4.40. The summed E-state index contributed by atoms with van der Waals surface area (Å²) < 4.78 is 2.79. The number of carbonyl (C=O) groups is 1. The topological polar surface area (TPSA) is 77.5 Å². The second kappa shape index (κ2) is 7.17. The fourth-order valence-electron chi connectivity index (χ4n) is 2.74. The lowest BCUT2D eigenvalue weighted by Crippen LogP contribution is -2.16. The molecule has 2 aromatic carbocycles. The van der Waals surface area contributed by atoms with E-state index in [2.05, 4.69) is 10.9 Å². The first-order chi connectivity index (χ1) is 12.8. The van der Waals surface area contributed by atoms with E-state index in [1.54, 1.807) is 19.1 Å². The van der Waals surface area contributed by atoms with Crippen LogP contribution in [0.1, 0.15) is 27.0 Å². The van der Waals surface area contributed by atoms with Crippen molar-refractivity contribution >= 4 is 33.1 Å². The highest BCUT2D eigenvalue weighted by molar-refractivity contribution is 7.16. The standard InChI is InChI=1S/C20H17N3O3S/c1-5-8-22-17-9-13(3)14(4)10-18(17)27-20(22)21-19(24)15-7-6-12(2)16(11-15)23(25)26/h1,6-7,9-11H,8H2,2-4H3. The van der Waals surface area contributed by atoms with Gasteiger partial charge in [-0.1, -0.05) is 23.3 Å². The van der Waals surface area contributed by atoms with Gasteiger partial charge in [0.25, 0.3) is 11.6 Å². The fraction of sp³-hybridized carbons (Fsp3) is 0.200. The molecule has 7 heteroatoms. The van der Waals surface area contributed by atoms with Gasteiger partial charge in [-0.3, -0.25) is 14.9 Å². The fourth-order valence-corrected chi connectivity index (χ4v) is 3.85. The highest BCUT2D eigenvalue weighted by Gasteiger charge is 2.15. The van der Waals surface area contributed by atoms with Crippen molar-refractivity contribution in [2.45, 2.75) is 27.3 Å². The van der Waals surface area contributed by atoms with Crippen molar-refractivity contribution in [1.29, 1.82) is 0 Å². The number of nitrogens with zero attached hydrogens (tertiary/aromatic N) is 3. The number of carbonyl (C=O) groups excluding carboxylic acids is 1. The number of amides is 1. The van der Waals surface area contributed by atoms with Gasteiger partial charge in [0, 0.05) is 17.2 Å². The molecule has 27 heavy (non-hydrogen) atoms. The summed E-state index contributed by atoms with van der Waals surface area (Å²) in [6.07, 6.45) is 5.49. The molecule has 3 rings (SSSR count). The second-order valence-corrected chi connectivity index (χ2v) is 7.26. The van der Waals surface area contributed by atoms with E-state index < -0.39 is 10.8 Å². The SMILES string of the molecule is C#CCn1c(=NC(=O)c2ccc(C)c([N+](=O)[O-])c2)sc2cc(C)c(C)cc21. The zero-order chi connectivity index (χ0) is 19.7. The number of nitro groups is 1. The van der Waals surface area contributed by atoms with Crippen LogP contribution in [0.3, 0.4) is 0 Å². The average molecular weight is 379 g/mol. The van der Waals surface area contributed by atoms with Crippen molar-refractivity contribution in [2.24, 2.45) is 4.99 Å². The van der Waals surface area contributed by atoms with Crippen LogP contribution >= 0.6 is 11.3 Å². The zero-order valence-corrected chi connectivity index (χ0v) is 16.0. The van der Waals surface area contributed by atoms with E-state index in [0.717, 1.165) is 21.3 Å². The van der Waals surface area contributed by atoms with Crippen molar-refractivity contribution in [2.75, 3.05) is 0 Å². The number of aryl methyl sites for hydroxylation is 3. The molecule has 1 amide bonds. The minimum absolute atomic E-state index is 0.102. The van der Waals surface area contributed by atoms with Crippen molar-refractivity contribution in [3.05, 3.63) is 67.5 Å². The van der Waals surface area contributed by atoms with E-state index in [0.29, 0.717) is 10.4 Å². The van der Waals surface area contributed by atoms with E-state index in [-0.39, 0.29) is 17.8 Å². The molecule has 1 aromatic heterocycles. The maximum atomic E-state index is 12.6. The molecule has 0 aliphatic rings. The molecule has 0 atom stereocenters. The summed E-state index contributed by atoms with van der Waals surface area (Å²) in [7, 11) is 0. The van der Waals surface area contributed by atoms with Crippen molar-refractivity contribution in [3.63, 3.8) is 0 Å². The van der Waals surface area contributed by atoms with Crippen LogP contribution in [0.2, 0.25) is 0 Å². The van der Waals surface area contributed by atoms with Crippen LogP contribution in [0.25, 0.3) is 10.2 Å². The lowest BCUT2D eigenvalue weighted by molar-refractivity contribution is -0.385. The third-order valence-corrected chi connectivity index (χ3v) is 5.44. The van der Waals surface area contributed by atoms with E-state index in [4.69, 9.17) is 6.42 Å². The number of rotatable bonds is 3. The van der Waals surface area contributed by atoms with Gasteiger partial charge < -0.3 is 4.57 Å². The minimum atomic E-state index is -0.538. The zero-order valence-electron chi connectivity index (χ0n) is 15.1. The second-order valence-electron chi connectivity index (χ2n) is 6.25. The largest absolute Gasteiger partial charge is 0.305 e. The Labute approximate surface area is 160 Å². The van der Waals surface area contributed by atoms with Crippen LogP contribution in [0.15, 0.2) is 35.3 Å². The van der Waals surface area contributed by atoms with Gasteiger partial charge in [-0.25, -0.2) is 0 Å². The Morgan fingerprint density at radius 2 is 1.93 bits per heavy atom. The van der Waals surface area contributed by atoms with E-state index in [1.165, 1.54) is 17.4 Å². The van der Waals surface area contributed by atoms with Gasteiger partial charge in [0.05, 0.1) is 21.7 Å². The molecule has 0 aliphatic heterocycles. The molecular formula is C20H17N3O3S. The van der Waals surface area contributed by atoms with Crippen LogP contribution in [-0.4, -0.2) is 15.4 Å². The first-order valence-corrected chi connectivity index (χ1v) is 9.01. The normalized spacial score (nSPS) is 11.6. The molecule has 0 bridgehead atoms. The lowest BCUT2D eigenvalue weighted by atomic mass is 10.1. The maximum Gasteiger partial charge on any atom is 0.279 e. The van der Waals surface area contributed by atoms with E-state index in [9.17, 15) is 14.9 Å². The van der Waals surface area contributed by atoms with E-state index in [1.807, 2.05) is 30.5 Å². The molecule has 0 saturated carbocycles. The van der Waals surface area contributed by atoms with E-state index >= 15 is 0 Å². The number of thiazole rings is 1. The molecular weight excluding hydrogens is 362 g/mol. The molecule has 1 heterocycles. The van der Waals surface area contributed by atoms with Crippen molar-refractivity contribution in [3.8, 4) is 12.3 Å². The number of benzene rings is 2. The van der Waals surface area contributed by atoms with Gasteiger partial charge in [0.15, 0.2) is 4.80 Å². The number of nitro benzene ring substituents is 1. The predicted molar refractivity (Wildman–Crippen MR) is 106 cm³/mol. The van der Waals surface area contributed by atoms with Gasteiger partial charge in [0.2, 0.25) is 0 Å². The average Bonchev–Trinajstić information content (AvgIpc) is 2.92. The molecule has 0 unspecified atom stereocenters. The summed E-state index contributed by atoms with van der Waals surface area (Å²) >= 11 is 1.37. The minimum Gasteiger partial charge on any atom is -0.305 e. The highest BCUT2D eigenvalue weighted by Crippen LogP contribution is 2.23. The molecule has 3 aromatic rings. The molecule has 0 aliphatic carbocycles. The number of hydrogen-bond acceptors (Lipinski definition) is 4. The van der Waals surface area contributed by atoms with Crippen LogP contribution in [0.4, 0.5) is 5.69 Å². The third kappa shape index (κ3) is 3.52. The molecule has 0 saturated heterocycles. The van der Waals surface area contributed by atoms with Gasteiger partial charge in [0.1, 0.15) is 0 Å². The molecule has 0 fully saturated rings. The van der Waals surface area contributed by atoms with Crippen LogP contribution in [0.5, 0.6) is 0 Å². The number of terminal acetylenes is 1. The first-order valence-electron chi connectivity index (χ1n) is 8.20. The summed E-state index contributed by atoms with van der Waals surface area (Å²) in [5.41, 5.74) is 3.75. The quantitative estimate of drug-likeness (QED) is 0.393. The molecule has 6 nitrogen and oxygen atoms in total. The van der Waals surface area contributed by atoms with Crippen molar-refractivity contribution < 1.29 is 9.72 Å². The maximum absolute atomic E-state index is 12.6. The first kappa shape index (κ1) is 18.5. The smallest absolute Gasteiger partial charge is 0.279 e. The van der Waals surface area contributed by atoms with Gasteiger partial charge in [-0.15, -0.1) is 6.42 Å². The van der Waals surface area contributed by atoms with Crippen LogP contribution in [0, 0.1) is 43.2 Å².